The van der Waals surface area contributed by atoms with Gasteiger partial charge in [0.05, 0.1) is 27.6 Å². The molecule has 5 rings (SSSR count). The van der Waals surface area contributed by atoms with E-state index in [0.717, 1.165) is 40.9 Å². The Bertz CT molecular complexity index is 1820. The van der Waals surface area contributed by atoms with Crippen molar-refractivity contribution in [1.82, 2.24) is 4.98 Å². The van der Waals surface area contributed by atoms with Crippen LogP contribution in [0.2, 0.25) is 0 Å². The number of nitro groups is 1. The first-order valence-electron chi connectivity index (χ1n) is 11.6. The van der Waals surface area contributed by atoms with Gasteiger partial charge in [0, 0.05) is 22.2 Å². The third-order valence-corrected chi connectivity index (χ3v) is 9.96. The summed E-state index contributed by atoms with van der Waals surface area (Å²) < 4.78 is 26.9. The summed E-state index contributed by atoms with van der Waals surface area (Å²) in [6.07, 6.45) is 1.06. The molecule has 1 aliphatic heterocycles. The fourth-order valence-electron chi connectivity index (χ4n) is 4.24. The molecule has 0 bridgehead atoms. The number of anilines is 1. The maximum absolute atomic E-state index is 13.4. The molecule has 1 amide bonds. The molecule has 13 heteroatoms. The number of rotatable bonds is 6. The van der Waals surface area contributed by atoms with Gasteiger partial charge in [-0.2, -0.15) is 0 Å². The van der Waals surface area contributed by atoms with Crippen LogP contribution in [0.1, 0.15) is 22.7 Å². The maximum Gasteiger partial charge on any atom is 0.301 e. The number of hydrogen-bond acceptors (Lipinski definition) is 9. The highest BCUT2D eigenvalue weighted by Gasteiger charge is 2.48. The lowest BCUT2D eigenvalue weighted by atomic mass is 9.95. The average molecular weight is 640 g/mol. The average Bonchev–Trinajstić information content (AvgIpc) is 3.52. The number of carbonyl (C=O) groups excluding carboxylic acids is 2. The highest BCUT2D eigenvalue weighted by atomic mass is 79.9. The van der Waals surface area contributed by atoms with Crippen LogP contribution >= 0.6 is 27.3 Å². The minimum Gasteiger partial charge on any atom is -0.507 e. The lowest BCUT2D eigenvalue weighted by Gasteiger charge is -2.23. The summed E-state index contributed by atoms with van der Waals surface area (Å²) in [6, 6.07) is 16.9. The van der Waals surface area contributed by atoms with Crippen molar-refractivity contribution in [1.29, 1.82) is 0 Å². The third kappa shape index (κ3) is 4.83. The number of halogens is 1. The van der Waals surface area contributed by atoms with Crippen LogP contribution < -0.4 is 4.90 Å². The number of thiazole rings is 1. The van der Waals surface area contributed by atoms with Crippen LogP contribution in [0, 0.1) is 17.0 Å². The molecule has 1 aromatic heterocycles. The van der Waals surface area contributed by atoms with Gasteiger partial charge in [-0.25, -0.2) is 13.4 Å². The Kier molecular flexibility index (Phi) is 7.12. The van der Waals surface area contributed by atoms with E-state index in [0.29, 0.717) is 26.9 Å². The number of amides is 1. The van der Waals surface area contributed by atoms with Gasteiger partial charge in [-0.3, -0.25) is 24.6 Å². The monoisotopic (exact) mass is 639 g/mol. The van der Waals surface area contributed by atoms with Crippen molar-refractivity contribution in [2.45, 2.75) is 22.1 Å². The molecule has 1 aliphatic rings. The highest BCUT2D eigenvalue weighted by Crippen LogP contribution is 2.44. The smallest absolute Gasteiger partial charge is 0.301 e. The Hall–Kier alpha value is -4.20. The topological polar surface area (TPSA) is 148 Å². The van der Waals surface area contributed by atoms with Gasteiger partial charge >= 0.3 is 5.91 Å². The molecule has 0 aliphatic carbocycles. The van der Waals surface area contributed by atoms with Gasteiger partial charge in [0.1, 0.15) is 9.97 Å². The standard InChI is InChI=1S/C27H18BrN3O7S2/c1-15-5-7-16(8-6-15)24(32)22-23(17-3-2-4-18(28)13-17)30(26(34)25(22)33)27-29-14-21(39-27)40(37,38)20-11-9-19(10-12-20)31(35)36/h2-14,23,32H,1H3/t23-/m0/s1. The molecule has 0 spiro atoms. The Morgan fingerprint density at radius 3 is 2.38 bits per heavy atom. The van der Waals surface area contributed by atoms with Crippen LogP contribution in [0.15, 0.2) is 98.1 Å². The van der Waals surface area contributed by atoms with Gasteiger partial charge < -0.3 is 5.11 Å². The Morgan fingerprint density at radius 2 is 1.75 bits per heavy atom. The lowest BCUT2D eigenvalue weighted by Crippen LogP contribution is -2.29. The fourth-order valence-corrected chi connectivity index (χ4v) is 7.20. The summed E-state index contributed by atoms with van der Waals surface area (Å²) in [7, 11) is -4.15. The minimum atomic E-state index is -4.15. The summed E-state index contributed by atoms with van der Waals surface area (Å²) in [5.74, 6) is -2.30. The van der Waals surface area contributed by atoms with E-state index >= 15 is 0 Å². The summed E-state index contributed by atoms with van der Waals surface area (Å²) in [5, 5.41) is 22.1. The zero-order valence-corrected chi connectivity index (χ0v) is 23.7. The van der Waals surface area contributed by atoms with Crippen molar-refractivity contribution in [3.8, 4) is 0 Å². The summed E-state index contributed by atoms with van der Waals surface area (Å²) in [5.41, 5.74) is 1.32. The van der Waals surface area contributed by atoms with Gasteiger partial charge in [0.2, 0.25) is 9.84 Å². The van der Waals surface area contributed by atoms with E-state index < -0.39 is 32.5 Å². The molecule has 2 heterocycles. The molecule has 0 radical (unpaired) electrons. The number of benzene rings is 3. The Morgan fingerprint density at radius 1 is 1.07 bits per heavy atom. The second kappa shape index (κ2) is 10.4. The normalized spacial score (nSPS) is 16.9. The number of aromatic nitrogens is 1. The molecule has 1 atom stereocenters. The molecule has 0 unspecified atom stereocenters. The Balaban J connectivity index is 1.62. The van der Waals surface area contributed by atoms with E-state index in [-0.39, 0.29) is 31.3 Å². The highest BCUT2D eigenvalue weighted by molar-refractivity contribution is 9.10. The quantitative estimate of drug-likeness (QED) is 0.0945. The molecular formula is C27H18BrN3O7S2. The number of aliphatic hydroxyl groups is 1. The lowest BCUT2D eigenvalue weighted by molar-refractivity contribution is -0.384. The number of Topliss-reactive ketones (excluding diaryl/α,β-unsaturated/α-hetero) is 1. The van der Waals surface area contributed by atoms with E-state index in [2.05, 4.69) is 20.9 Å². The van der Waals surface area contributed by atoms with Gasteiger partial charge in [0.15, 0.2) is 5.13 Å². The van der Waals surface area contributed by atoms with Gasteiger partial charge in [-0.1, -0.05) is 69.2 Å². The second-order valence-electron chi connectivity index (χ2n) is 8.81. The van der Waals surface area contributed by atoms with Crippen LogP contribution in [-0.2, 0) is 19.4 Å². The van der Waals surface area contributed by atoms with Crippen LogP contribution in [0.3, 0.4) is 0 Å². The van der Waals surface area contributed by atoms with E-state index in [9.17, 15) is 33.2 Å². The number of non-ortho nitro benzene ring substituents is 1. The molecule has 10 nitrogen and oxygen atoms in total. The molecule has 1 N–H and O–H groups in total. The minimum absolute atomic E-state index is 0.0736. The number of ketones is 1. The van der Waals surface area contributed by atoms with Crippen LogP contribution in [0.4, 0.5) is 10.8 Å². The van der Waals surface area contributed by atoms with Crippen molar-refractivity contribution in [3.05, 3.63) is 116 Å². The van der Waals surface area contributed by atoms with Gasteiger partial charge in [0.25, 0.3) is 11.5 Å². The number of nitrogens with zero attached hydrogens (tertiary/aromatic N) is 3. The molecule has 0 saturated carbocycles. The van der Waals surface area contributed by atoms with Crippen LogP contribution in [0.25, 0.3) is 5.76 Å². The zero-order valence-electron chi connectivity index (χ0n) is 20.5. The third-order valence-electron chi connectivity index (χ3n) is 6.23. The Labute approximate surface area is 240 Å². The van der Waals surface area contributed by atoms with Crippen molar-refractivity contribution in [3.63, 3.8) is 0 Å². The zero-order chi connectivity index (χ0) is 28.8. The van der Waals surface area contributed by atoms with E-state index in [1.807, 2.05) is 6.92 Å². The summed E-state index contributed by atoms with van der Waals surface area (Å²) >= 11 is 4.06. The van der Waals surface area contributed by atoms with Crippen molar-refractivity contribution in [2.75, 3.05) is 4.90 Å². The first-order chi connectivity index (χ1) is 19.0. The van der Waals surface area contributed by atoms with Crippen LogP contribution in [0.5, 0.6) is 0 Å². The molecule has 4 aromatic rings. The van der Waals surface area contributed by atoms with Crippen molar-refractivity contribution >= 4 is 65.4 Å². The molecule has 1 fully saturated rings. The second-order valence-corrected chi connectivity index (χ2v) is 12.9. The number of nitro benzene ring substituents is 1. The van der Waals surface area contributed by atoms with Gasteiger partial charge in [-0.05, 0) is 36.8 Å². The fraction of sp³-hybridized carbons (Fsp3) is 0.0741. The molecular weight excluding hydrogens is 622 g/mol. The predicted octanol–water partition coefficient (Wildman–Crippen LogP) is 5.58. The van der Waals surface area contributed by atoms with Crippen molar-refractivity contribution < 1.29 is 28.0 Å². The van der Waals surface area contributed by atoms with E-state index in [1.165, 1.54) is 0 Å². The van der Waals surface area contributed by atoms with E-state index in [1.54, 1.807) is 48.5 Å². The number of sulfone groups is 1. The SMILES string of the molecule is Cc1ccc(C(O)=C2C(=O)C(=O)N(c3ncc(S(=O)(=O)c4ccc([N+](=O)[O-])cc4)s3)[C@H]2c2cccc(Br)c2)cc1. The predicted molar refractivity (Wildman–Crippen MR) is 151 cm³/mol. The number of hydrogen-bond donors (Lipinski definition) is 1. The van der Waals surface area contributed by atoms with Crippen LogP contribution in [-0.4, -0.2) is 35.1 Å². The first kappa shape index (κ1) is 27.4. The molecule has 202 valence electrons. The molecule has 40 heavy (non-hydrogen) atoms. The van der Waals surface area contributed by atoms with Crippen molar-refractivity contribution in [2.24, 2.45) is 0 Å². The molecule has 1 saturated heterocycles. The maximum atomic E-state index is 13.4. The summed E-state index contributed by atoms with van der Waals surface area (Å²) in [6.45, 7) is 1.87. The van der Waals surface area contributed by atoms with Gasteiger partial charge in [-0.15, -0.1) is 0 Å². The number of aryl methyl sites for hydroxylation is 1. The molecule has 3 aromatic carbocycles. The first-order valence-corrected chi connectivity index (χ1v) is 14.7. The van der Waals surface area contributed by atoms with E-state index in [4.69, 9.17) is 0 Å². The largest absolute Gasteiger partial charge is 0.507 e. The summed E-state index contributed by atoms with van der Waals surface area (Å²) in [4.78, 5) is 42.1. The number of carbonyl (C=O) groups is 2. The number of aliphatic hydroxyl groups excluding tert-OH is 1.